The second-order valence-corrected chi connectivity index (χ2v) is 3.24. The summed E-state index contributed by atoms with van der Waals surface area (Å²) in [5.41, 5.74) is 1.69. The maximum atomic E-state index is 12.7. The number of pyridine rings is 1. The lowest BCUT2D eigenvalue weighted by Gasteiger charge is -2.04. The molecule has 0 bridgehead atoms. The molecule has 1 heterocycles. The normalized spacial score (nSPS) is 10.1. The van der Waals surface area contributed by atoms with Crippen LogP contribution in [0.2, 0.25) is 0 Å². The standard InChI is InChI=1S/C11H14FNO2/c1-3-15-11(14)5-4-9-7-13-10(12)6-8(9)2/h6-7H,3-5H2,1-2H3. The van der Waals surface area contributed by atoms with Crippen LogP contribution in [0.25, 0.3) is 0 Å². The summed E-state index contributed by atoms with van der Waals surface area (Å²) in [4.78, 5) is 14.6. The van der Waals surface area contributed by atoms with Gasteiger partial charge in [0.15, 0.2) is 0 Å². The van der Waals surface area contributed by atoms with E-state index < -0.39 is 5.95 Å². The molecule has 0 spiro atoms. The molecule has 0 aromatic carbocycles. The largest absolute Gasteiger partial charge is 0.466 e. The first-order valence-corrected chi connectivity index (χ1v) is 4.90. The Morgan fingerprint density at radius 3 is 2.93 bits per heavy atom. The van der Waals surface area contributed by atoms with Crippen molar-refractivity contribution in [3.63, 3.8) is 0 Å². The highest BCUT2D eigenvalue weighted by atomic mass is 19.1. The van der Waals surface area contributed by atoms with Gasteiger partial charge in [0.25, 0.3) is 0 Å². The molecule has 15 heavy (non-hydrogen) atoms. The van der Waals surface area contributed by atoms with E-state index in [0.717, 1.165) is 11.1 Å². The van der Waals surface area contributed by atoms with Gasteiger partial charge in [-0.2, -0.15) is 4.39 Å². The highest BCUT2D eigenvalue weighted by molar-refractivity contribution is 5.69. The van der Waals surface area contributed by atoms with Crippen LogP contribution in [0.4, 0.5) is 4.39 Å². The van der Waals surface area contributed by atoms with E-state index >= 15 is 0 Å². The van der Waals surface area contributed by atoms with E-state index in [1.807, 2.05) is 0 Å². The van der Waals surface area contributed by atoms with Crippen LogP contribution in [0.3, 0.4) is 0 Å². The molecule has 1 rings (SSSR count). The van der Waals surface area contributed by atoms with E-state index in [0.29, 0.717) is 19.4 Å². The lowest BCUT2D eigenvalue weighted by Crippen LogP contribution is -2.06. The van der Waals surface area contributed by atoms with Crippen molar-refractivity contribution in [2.45, 2.75) is 26.7 Å². The van der Waals surface area contributed by atoms with Crippen molar-refractivity contribution in [3.8, 4) is 0 Å². The highest BCUT2D eigenvalue weighted by Gasteiger charge is 2.05. The molecule has 0 aliphatic heterocycles. The number of hydrogen-bond donors (Lipinski definition) is 0. The van der Waals surface area contributed by atoms with E-state index in [2.05, 4.69) is 4.98 Å². The molecule has 0 saturated heterocycles. The number of esters is 1. The summed E-state index contributed by atoms with van der Waals surface area (Å²) >= 11 is 0. The summed E-state index contributed by atoms with van der Waals surface area (Å²) in [6, 6.07) is 1.36. The number of hydrogen-bond acceptors (Lipinski definition) is 3. The minimum atomic E-state index is -0.493. The number of halogens is 1. The van der Waals surface area contributed by atoms with Crippen molar-refractivity contribution in [2.75, 3.05) is 6.61 Å². The van der Waals surface area contributed by atoms with Crippen molar-refractivity contribution in [2.24, 2.45) is 0 Å². The number of aryl methyl sites for hydroxylation is 2. The smallest absolute Gasteiger partial charge is 0.306 e. The molecule has 1 aromatic rings. The second kappa shape index (κ2) is 5.44. The molecule has 82 valence electrons. The lowest BCUT2D eigenvalue weighted by molar-refractivity contribution is -0.143. The molecule has 0 aliphatic rings. The number of ether oxygens (including phenoxy) is 1. The fraction of sp³-hybridized carbons (Fsp3) is 0.455. The third kappa shape index (κ3) is 3.65. The van der Waals surface area contributed by atoms with Gasteiger partial charge in [-0.1, -0.05) is 0 Å². The molecular weight excluding hydrogens is 197 g/mol. The molecule has 1 aromatic heterocycles. The maximum Gasteiger partial charge on any atom is 0.306 e. The van der Waals surface area contributed by atoms with E-state index in [4.69, 9.17) is 4.74 Å². The predicted molar refractivity (Wildman–Crippen MR) is 53.9 cm³/mol. The number of carbonyl (C=O) groups is 1. The van der Waals surface area contributed by atoms with Crippen molar-refractivity contribution in [1.29, 1.82) is 0 Å². The second-order valence-electron chi connectivity index (χ2n) is 3.24. The van der Waals surface area contributed by atoms with Crippen LogP contribution in [-0.2, 0) is 16.0 Å². The fourth-order valence-corrected chi connectivity index (χ4v) is 1.28. The molecule has 0 fully saturated rings. The fourth-order valence-electron chi connectivity index (χ4n) is 1.28. The van der Waals surface area contributed by atoms with Gasteiger partial charge in [0, 0.05) is 12.6 Å². The summed E-state index contributed by atoms with van der Waals surface area (Å²) < 4.78 is 17.5. The summed E-state index contributed by atoms with van der Waals surface area (Å²) in [5.74, 6) is -0.728. The summed E-state index contributed by atoms with van der Waals surface area (Å²) in [5, 5.41) is 0. The Labute approximate surface area is 88.3 Å². The van der Waals surface area contributed by atoms with Crippen molar-refractivity contribution in [1.82, 2.24) is 4.98 Å². The Morgan fingerprint density at radius 1 is 1.60 bits per heavy atom. The Morgan fingerprint density at radius 2 is 2.33 bits per heavy atom. The summed E-state index contributed by atoms with van der Waals surface area (Å²) in [7, 11) is 0. The molecular formula is C11H14FNO2. The zero-order chi connectivity index (χ0) is 11.3. The van der Waals surface area contributed by atoms with Gasteiger partial charge in [-0.3, -0.25) is 4.79 Å². The minimum Gasteiger partial charge on any atom is -0.466 e. The van der Waals surface area contributed by atoms with Crippen LogP contribution in [0.5, 0.6) is 0 Å². The average Bonchev–Trinajstić information content (AvgIpc) is 2.17. The number of carbonyl (C=O) groups excluding carboxylic acids is 1. The number of rotatable bonds is 4. The third-order valence-electron chi connectivity index (χ3n) is 2.09. The molecule has 0 radical (unpaired) electrons. The Hall–Kier alpha value is -1.45. The summed E-state index contributed by atoms with van der Waals surface area (Å²) in [6.45, 7) is 3.95. The van der Waals surface area contributed by atoms with Gasteiger partial charge in [-0.05, 0) is 37.5 Å². The van der Waals surface area contributed by atoms with Gasteiger partial charge in [-0.25, -0.2) is 4.98 Å². The molecule has 0 amide bonds. The highest BCUT2D eigenvalue weighted by Crippen LogP contribution is 2.10. The lowest BCUT2D eigenvalue weighted by atomic mass is 10.1. The monoisotopic (exact) mass is 211 g/mol. The Bertz CT molecular complexity index is 352. The van der Waals surface area contributed by atoms with Crippen molar-refractivity contribution in [3.05, 3.63) is 29.3 Å². The van der Waals surface area contributed by atoms with Crippen LogP contribution in [0.1, 0.15) is 24.5 Å². The first kappa shape index (κ1) is 11.6. The molecule has 0 N–H and O–H groups in total. The van der Waals surface area contributed by atoms with Crippen LogP contribution in [0, 0.1) is 12.9 Å². The van der Waals surface area contributed by atoms with E-state index in [1.54, 1.807) is 13.8 Å². The Kier molecular flexibility index (Phi) is 4.21. The van der Waals surface area contributed by atoms with E-state index in [1.165, 1.54) is 12.3 Å². The zero-order valence-electron chi connectivity index (χ0n) is 8.92. The number of aromatic nitrogens is 1. The first-order chi connectivity index (χ1) is 7.13. The Balaban J connectivity index is 2.54. The first-order valence-electron chi connectivity index (χ1n) is 4.90. The van der Waals surface area contributed by atoms with Crippen molar-refractivity contribution < 1.29 is 13.9 Å². The SMILES string of the molecule is CCOC(=O)CCc1cnc(F)cc1C. The minimum absolute atomic E-state index is 0.235. The van der Waals surface area contributed by atoms with Gasteiger partial charge < -0.3 is 4.74 Å². The topological polar surface area (TPSA) is 39.2 Å². The van der Waals surface area contributed by atoms with Crippen LogP contribution in [-0.4, -0.2) is 17.6 Å². The number of nitrogens with zero attached hydrogens (tertiary/aromatic N) is 1. The van der Waals surface area contributed by atoms with Gasteiger partial charge in [0.05, 0.1) is 6.61 Å². The quantitative estimate of drug-likeness (QED) is 0.565. The third-order valence-corrected chi connectivity index (χ3v) is 2.09. The molecule has 0 unspecified atom stereocenters. The molecule has 0 aliphatic carbocycles. The van der Waals surface area contributed by atoms with Crippen LogP contribution < -0.4 is 0 Å². The maximum absolute atomic E-state index is 12.7. The van der Waals surface area contributed by atoms with Crippen LogP contribution in [0.15, 0.2) is 12.3 Å². The summed E-state index contributed by atoms with van der Waals surface area (Å²) in [6.07, 6.45) is 2.31. The van der Waals surface area contributed by atoms with Gasteiger partial charge >= 0.3 is 5.97 Å². The van der Waals surface area contributed by atoms with E-state index in [9.17, 15) is 9.18 Å². The molecule has 0 saturated carbocycles. The zero-order valence-corrected chi connectivity index (χ0v) is 8.92. The molecule has 4 heteroatoms. The van der Waals surface area contributed by atoms with Crippen molar-refractivity contribution >= 4 is 5.97 Å². The molecule has 3 nitrogen and oxygen atoms in total. The van der Waals surface area contributed by atoms with E-state index in [-0.39, 0.29) is 5.97 Å². The predicted octanol–water partition coefficient (Wildman–Crippen LogP) is 2.02. The van der Waals surface area contributed by atoms with Gasteiger partial charge in [0.1, 0.15) is 0 Å². The average molecular weight is 211 g/mol. The van der Waals surface area contributed by atoms with Gasteiger partial charge in [-0.15, -0.1) is 0 Å². The molecule has 0 atom stereocenters. The van der Waals surface area contributed by atoms with Gasteiger partial charge in [0.2, 0.25) is 5.95 Å². The van der Waals surface area contributed by atoms with Crippen LogP contribution >= 0.6 is 0 Å².